The second kappa shape index (κ2) is 10.8. The summed E-state index contributed by atoms with van der Waals surface area (Å²) in [6, 6.07) is 7.22. The Bertz CT molecular complexity index is 1280. The van der Waals surface area contributed by atoms with Crippen LogP contribution in [-0.2, 0) is 9.47 Å². The van der Waals surface area contributed by atoms with Crippen molar-refractivity contribution in [2.45, 2.75) is 0 Å². The number of benzene rings is 3. The van der Waals surface area contributed by atoms with Crippen LogP contribution < -0.4 is 0 Å². The maximum Gasteiger partial charge on any atom is 0.341 e. The van der Waals surface area contributed by atoms with Crippen LogP contribution in [0.2, 0.25) is 0 Å². The van der Waals surface area contributed by atoms with Crippen LogP contribution in [0.1, 0.15) is 43.0 Å². The summed E-state index contributed by atoms with van der Waals surface area (Å²) in [5.74, 6) is -9.18. The smallest absolute Gasteiger partial charge is 0.341 e. The fraction of sp³-hybridized carbons (Fsp3) is 0.0769. The van der Waals surface area contributed by atoms with Crippen LogP contribution in [0.3, 0.4) is 0 Å². The van der Waals surface area contributed by atoms with Crippen LogP contribution in [0, 0.1) is 23.3 Å². The van der Waals surface area contributed by atoms with Gasteiger partial charge in [-0.05, 0) is 47.5 Å². The average Bonchev–Trinajstić information content (AvgIpc) is 2.88. The number of esters is 2. The molecule has 6 nitrogen and oxygen atoms in total. The summed E-state index contributed by atoms with van der Waals surface area (Å²) in [5, 5.41) is 19.5. The van der Waals surface area contributed by atoms with E-state index >= 15 is 0 Å². The highest BCUT2D eigenvalue weighted by Gasteiger charge is 2.23. The van der Waals surface area contributed by atoms with Crippen molar-refractivity contribution in [3.8, 4) is 11.5 Å². The van der Waals surface area contributed by atoms with E-state index in [1.807, 2.05) is 0 Å². The Labute approximate surface area is 202 Å². The molecule has 2 N–H and O–H groups in total. The van der Waals surface area contributed by atoms with E-state index < -0.39 is 57.8 Å². The number of hydrogen-bond acceptors (Lipinski definition) is 6. The summed E-state index contributed by atoms with van der Waals surface area (Å²) in [4.78, 5) is 23.4. The second-order valence-corrected chi connectivity index (χ2v) is 7.29. The lowest BCUT2D eigenvalue weighted by Gasteiger charge is -2.08. The van der Waals surface area contributed by atoms with E-state index in [-0.39, 0.29) is 22.3 Å². The molecule has 3 rings (SSSR count). The lowest BCUT2D eigenvalue weighted by atomic mass is 10.0. The number of carbonyl (C=O) groups is 2. The van der Waals surface area contributed by atoms with Crippen molar-refractivity contribution in [2.75, 3.05) is 14.2 Å². The molecule has 0 saturated heterocycles. The summed E-state index contributed by atoms with van der Waals surface area (Å²) < 4.78 is 67.6. The van der Waals surface area contributed by atoms with Crippen molar-refractivity contribution in [2.24, 2.45) is 0 Å². The second-order valence-electron chi connectivity index (χ2n) is 7.29. The Balaban J connectivity index is 1.98. The van der Waals surface area contributed by atoms with Crippen LogP contribution >= 0.6 is 0 Å². The Morgan fingerprint density at radius 3 is 1.28 bits per heavy atom. The lowest BCUT2D eigenvalue weighted by molar-refractivity contribution is 0.0588. The van der Waals surface area contributed by atoms with Gasteiger partial charge in [0, 0.05) is 0 Å². The molecule has 0 aliphatic carbocycles. The highest BCUT2D eigenvalue weighted by molar-refractivity contribution is 5.94. The molecular weight excluding hydrogens is 484 g/mol. The molecule has 0 unspecified atom stereocenters. The molecule has 0 aromatic heterocycles. The predicted octanol–water partition coefficient (Wildman–Crippen LogP) is 5.57. The number of hydrogen-bond donors (Lipinski definition) is 2. The van der Waals surface area contributed by atoms with Gasteiger partial charge in [0.2, 0.25) is 0 Å². The molecule has 0 amide bonds. The zero-order valence-corrected chi connectivity index (χ0v) is 18.8. The summed E-state index contributed by atoms with van der Waals surface area (Å²) >= 11 is 0. The van der Waals surface area contributed by atoms with Gasteiger partial charge in [-0.15, -0.1) is 0 Å². The average molecular weight is 502 g/mol. The van der Waals surface area contributed by atoms with Crippen LogP contribution in [0.4, 0.5) is 17.6 Å². The Kier molecular flexibility index (Phi) is 7.78. The summed E-state index contributed by atoms with van der Waals surface area (Å²) in [6.45, 7) is 0. The summed E-state index contributed by atoms with van der Waals surface area (Å²) in [6.07, 6.45) is 3.74. The number of ether oxygens (including phenoxy) is 2. The minimum absolute atomic E-state index is 0.186. The molecule has 0 aliphatic heterocycles. The van der Waals surface area contributed by atoms with Crippen LogP contribution in [0.15, 0.2) is 36.4 Å². The van der Waals surface area contributed by atoms with Gasteiger partial charge in [0.15, 0.2) is 23.3 Å². The first-order chi connectivity index (χ1) is 17.1. The fourth-order valence-electron chi connectivity index (χ4n) is 3.18. The lowest BCUT2D eigenvalue weighted by Crippen LogP contribution is -2.03. The third-order valence-corrected chi connectivity index (χ3v) is 5.07. The maximum absolute atomic E-state index is 14.7. The summed E-state index contributed by atoms with van der Waals surface area (Å²) in [7, 11) is 2.19. The van der Waals surface area contributed by atoms with Crippen LogP contribution in [0.5, 0.6) is 11.5 Å². The molecule has 0 aliphatic rings. The molecule has 0 spiro atoms. The van der Waals surface area contributed by atoms with E-state index in [0.29, 0.717) is 0 Å². The van der Waals surface area contributed by atoms with Crippen molar-refractivity contribution in [3.05, 3.63) is 93.0 Å². The Morgan fingerprint density at radius 2 is 0.972 bits per heavy atom. The molecule has 186 valence electrons. The minimum atomic E-state index is -1.67. The quantitative estimate of drug-likeness (QED) is 0.198. The molecule has 36 heavy (non-hydrogen) atoms. The minimum Gasteiger partial charge on any atom is -0.507 e. The molecule has 10 heteroatoms. The topological polar surface area (TPSA) is 93.1 Å². The molecule has 0 bridgehead atoms. The van der Waals surface area contributed by atoms with Gasteiger partial charge in [0.1, 0.15) is 22.6 Å². The third-order valence-electron chi connectivity index (χ3n) is 5.07. The van der Waals surface area contributed by atoms with Crippen LogP contribution in [-0.4, -0.2) is 36.4 Å². The molecule has 0 radical (unpaired) electrons. The zero-order valence-electron chi connectivity index (χ0n) is 18.8. The molecule has 0 fully saturated rings. The number of halogens is 4. The van der Waals surface area contributed by atoms with Gasteiger partial charge in [-0.3, -0.25) is 0 Å². The van der Waals surface area contributed by atoms with Gasteiger partial charge >= 0.3 is 11.9 Å². The van der Waals surface area contributed by atoms with Gasteiger partial charge in [-0.2, -0.15) is 0 Å². The first-order valence-corrected chi connectivity index (χ1v) is 10.1. The number of methoxy groups -OCH3 is 2. The van der Waals surface area contributed by atoms with E-state index in [1.54, 1.807) is 0 Å². The monoisotopic (exact) mass is 502 g/mol. The van der Waals surface area contributed by atoms with Gasteiger partial charge in [0.25, 0.3) is 0 Å². The van der Waals surface area contributed by atoms with Crippen molar-refractivity contribution in [3.63, 3.8) is 0 Å². The predicted molar refractivity (Wildman–Crippen MR) is 123 cm³/mol. The van der Waals surface area contributed by atoms with Gasteiger partial charge in [-0.1, -0.05) is 24.3 Å². The SMILES string of the molecule is COC(=O)c1cc(/C=C/c2c(F)c(F)c(/C=C/c3ccc(O)c(C(=O)OC)c3)c(F)c2F)ccc1O. The number of phenolic OH excluding ortho intramolecular Hbond substituents is 2. The Hall–Kier alpha value is -4.60. The normalized spacial score (nSPS) is 11.3. The fourth-order valence-corrected chi connectivity index (χ4v) is 3.18. The van der Waals surface area contributed by atoms with Crippen molar-refractivity contribution < 1.29 is 46.8 Å². The molecule has 3 aromatic rings. The van der Waals surface area contributed by atoms with Gasteiger partial charge in [0.05, 0.1) is 25.3 Å². The number of phenols is 2. The van der Waals surface area contributed by atoms with Crippen molar-refractivity contribution >= 4 is 36.2 Å². The number of aromatic hydroxyl groups is 2. The molecule has 0 atom stereocenters. The molecule has 0 heterocycles. The van der Waals surface area contributed by atoms with E-state index in [2.05, 4.69) is 9.47 Å². The number of rotatable bonds is 6. The third kappa shape index (κ3) is 5.22. The van der Waals surface area contributed by atoms with E-state index in [4.69, 9.17) is 0 Å². The maximum atomic E-state index is 14.7. The Morgan fingerprint density at radius 1 is 0.639 bits per heavy atom. The van der Waals surface area contributed by atoms with Gasteiger partial charge in [-0.25, -0.2) is 27.2 Å². The highest BCUT2D eigenvalue weighted by Crippen LogP contribution is 2.29. The first kappa shape index (κ1) is 26.0. The molecular formula is C26H18F4O6. The molecule has 0 saturated carbocycles. The summed E-state index contributed by atoms with van der Waals surface area (Å²) in [5.41, 5.74) is -2.08. The first-order valence-electron chi connectivity index (χ1n) is 10.1. The van der Waals surface area contributed by atoms with Crippen molar-refractivity contribution in [1.29, 1.82) is 0 Å². The number of carbonyl (C=O) groups excluding carboxylic acids is 2. The molecule has 3 aromatic carbocycles. The van der Waals surface area contributed by atoms with Crippen molar-refractivity contribution in [1.82, 2.24) is 0 Å². The van der Waals surface area contributed by atoms with E-state index in [1.165, 1.54) is 12.1 Å². The zero-order chi connectivity index (χ0) is 26.6. The largest absolute Gasteiger partial charge is 0.507 e. The standard InChI is InChI=1S/C26H18F4O6/c1-35-25(33)17-11-13(5-9-19(17)31)3-7-15-21(27)23(29)16(24(30)22(15)28)8-4-14-6-10-20(32)18(12-14)26(34)36-2/h3-12,31-32H,1-2H3/b7-3+,8-4+. The van der Waals surface area contributed by atoms with E-state index in [0.717, 1.165) is 62.8 Å². The van der Waals surface area contributed by atoms with Gasteiger partial charge < -0.3 is 19.7 Å². The highest BCUT2D eigenvalue weighted by atomic mass is 19.2. The van der Waals surface area contributed by atoms with E-state index in [9.17, 15) is 37.4 Å². The van der Waals surface area contributed by atoms with Crippen LogP contribution in [0.25, 0.3) is 24.3 Å².